The number of aromatic nitrogens is 1. The normalized spacial score (nSPS) is 28.0. The number of piperidine rings is 1. The first kappa shape index (κ1) is 16.1. The molecule has 1 saturated heterocycles. The fraction of sp³-hybridized carbons (Fsp3) is 0.500. The van der Waals surface area contributed by atoms with Crippen molar-refractivity contribution in [3.8, 4) is 0 Å². The highest BCUT2D eigenvalue weighted by molar-refractivity contribution is 5.91. The van der Waals surface area contributed by atoms with Gasteiger partial charge in [-0.05, 0) is 54.9 Å². The Kier molecular flexibility index (Phi) is 3.71. The topological polar surface area (TPSA) is 45.3 Å². The molecule has 2 heterocycles. The molecule has 0 spiro atoms. The number of hydrogen-bond acceptors (Lipinski definition) is 3. The lowest BCUT2D eigenvalue weighted by atomic mass is 9.71. The predicted octanol–water partition coefficient (Wildman–Crippen LogP) is 3.72. The Morgan fingerprint density at radius 3 is 3.00 bits per heavy atom. The first-order valence-electron chi connectivity index (χ1n) is 9.77. The Bertz CT molecular complexity index is 880. The molecular weight excluding hydrogens is 324 g/mol. The highest BCUT2D eigenvalue weighted by Gasteiger charge is 2.44. The average Bonchev–Trinajstić information content (AvgIpc) is 3.41. The van der Waals surface area contributed by atoms with E-state index < -0.39 is 0 Å². The van der Waals surface area contributed by atoms with E-state index in [1.54, 1.807) is 0 Å². The molecule has 1 N–H and O–H groups in total. The van der Waals surface area contributed by atoms with Crippen molar-refractivity contribution in [2.45, 2.75) is 37.6 Å². The van der Waals surface area contributed by atoms with Crippen LogP contribution in [0.1, 0.15) is 42.0 Å². The van der Waals surface area contributed by atoms with Crippen LogP contribution in [0.25, 0.3) is 17.0 Å². The number of H-pyrrole nitrogens is 1. The smallest absolute Gasteiger partial charge is 0.309 e. The van der Waals surface area contributed by atoms with Crippen LogP contribution in [-0.4, -0.2) is 42.1 Å². The maximum atomic E-state index is 12.4. The van der Waals surface area contributed by atoms with Crippen molar-refractivity contribution < 1.29 is 9.53 Å². The van der Waals surface area contributed by atoms with E-state index in [0.717, 1.165) is 37.5 Å². The lowest BCUT2D eigenvalue weighted by Gasteiger charge is -2.46. The summed E-state index contributed by atoms with van der Waals surface area (Å²) in [6.07, 6.45) is 6.55. The molecule has 1 aromatic carbocycles. The molecule has 2 aliphatic carbocycles. The van der Waals surface area contributed by atoms with Crippen molar-refractivity contribution in [2.75, 3.05) is 20.2 Å². The highest BCUT2D eigenvalue weighted by Crippen LogP contribution is 2.47. The van der Waals surface area contributed by atoms with Gasteiger partial charge in [0, 0.05) is 41.6 Å². The van der Waals surface area contributed by atoms with Crippen LogP contribution in [0.2, 0.25) is 0 Å². The van der Waals surface area contributed by atoms with Gasteiger partial charge in [0.05, 0.1) is 13.0 Å². The molecule has 3 aliphatic rings. The lowest BCUT2D eigenvalue weighted by Crippen LogP contribution is -2.52. The molecule has 1 saturated carbocycles. The van der Waals surface area contributed by atoms with E-state index in [1.165, 1.54) is 42.0 Å². The second-order valence-corrected chi connectivity index (χ2v) is 8.22. The number of rotatable bonds is 4. The molecule has 2 fully saturated rings. The van der Waals surface area contributed by atoms with Gasteiger partial charge in [0.25, 0.3) is 0 Å². The molecule has 1 unspecified atom stereocenters. The molecule has 136 valence electrons. The first-order valence-corrected chi connectivity index (χ1v) is 9.77. The zero-order chi connectivity index (χ0) is 17.8. The summed E-state index contributed by atoms with van der Waals surface area (Å²) in [5.74, 6) is 1.14. The van der Waals surface area contributed by atoms with Crippen LogP contribution < -0.4 is 0 Å². The van der Waals surface area contributed by atoms with Gasteiger partial charge in [-0.25, -0.2) is 0 Å². The number of likely N-dealkylation sites (tertiary alicyclic amines) is 1. The van der Waals surface area contributed by atoms with Crippen molar-refractivity contribution >= 4 is 22.9 Å². The lowest BCUT2D eigenvalue weighted by molar-refractivity contribution is -0.148. The second kappa shape index (κ2) is 5.98. The number of carbonyl (C=O) groups excluding carboxylic acids is 1. The summed E-state index contributed by atoms with van der Waals surface area (Å²) in [6, 6.07) is 7.03. The van der Waals surface area contributed by atoms with E-state index in [-0.39, 0.29) is 11.9 Å². The van der Waals surface area contributed by atoms with Gasteiger partial charge < -0.3 is 9.72 Å². The van der Waals surface area contributed by atoms with Crippen molar-refractivity contribution in [2.24, 2.45) is 11.8 Å². The van der Waals surface area contributed by atoms with Gasteiger partial charge in [0.15, 0.2) is 0 Å². The molecule has 2 aromatic rings. The third kappa shape index (κ3) is 2.43. The number of methoxy groups -OCH3 is 1. The third-order valence-electron chi connectivity index (χ3n) is 6.66. The van der Waals surface area contributed by atoms with Crippen LogP contribution in [0.15, 0.2) is 24.8 Å². The predicted molar refractivity (Wildman–Crippen MR) is 103 cm³/mol. The third-order valence-corrected chi connectivity index (χ3v) is 6.66. The van der Waals surface area contributed by atoms with Gasteiger partial charge in [-0.15, -0.1) is 0 Å². The molecule has 4 nitrogen and oxygen atoms in total. The Morgan fingerprint density at radius 1 is 1.42 bits per heavy atom. The SMILES string of the molecule is C=Cc1[nH]c2cccc3c2c1C[C@@H]1C3C[C@H](C(=O)OC)CN1CC1CC1. The summed E-state index contributed by atoms with van der Waals surface area (Å²) in [4.78, 5) is 18.5. The van der Waals surface area contributed by atoms with Crippen LogP contribution >= 0.6 is 0 Å². The fourth-order valence-electron chi connectivity index (χ4n) is 5.27. The van der Waals surface area contributed by atoms with Gasteiger partial charge in [0.2, 0.25) is 0 Å². The Morgan fingerprint density at radius 2 is 2.27 bits per heavy atom. The summed E-state index contributed by atoms with van der Waals surface area (Å²) in [5, 5.41) is 1.36. The van der Waals surface area contributed by atoms with Crippen LogP contribution in [0.4, 0.5) is 0 Å². The molecule has 5 rings (SSSR count). The van der Waals surface area contributed by atoms with Gasteiger partial charge in [0.1, 0.15) is 0 Å². The molecule has 26 heavy (non-hydrogen) atoms. The van der Waals surface area contributed by atoms with E-state index in [2.05, 4.69) is 34.7 Å². The zero-order valence-electron chi connectivity index (χ0n) is 15.3. The van der Waals surface area contributed by atoms with E-state index in [0.29, 0.717) is 12.0 Å². The van der Waals surface area contributed by atoms with Gasteiger partial charge >= 0.3 is 5.97 Å². The molecular formula is C22H26N2O2. The molecule has 1 aromatic heterocycles. The summed E-state index contributed by atoms with van der Waals surface area (Å²) in [7, 11) is 1.52. The van der Waals surface area contributed by atoms with E-state index in [4.69, 9.17) is 4.74 Å². The minimum Gasteiger partial charge on any atom is -0.469 e. The van der Waals surface area contributed by atoms with Crippen LogP contribution in [0.5, 0.6) is 0 Å². The van der Waals surface area contributed by atoms with Crippen molar-refractivity contribution in [1.29, 1.82) is 0 Å². The Hall–Kier alpha value is -2.07. The van der Waals surface area contributed by atoms with Gasteiger partial charge in [-0.2, -0.15) is 0 Å². The zero-order valence-corrected chi connectivity index (χ0v) is 15.3. The molecule has 0 amide bonds. The quantitative estimate of drug-likeness (QED) is 0.855. The van der Waals surface area contributed by atoms with Crippen molar-refractivity contribution in [1.82, 2.24) is 9.88 Å². The molecule has 0 radical (unpaired) electrons. The molecule has 4 heteroatoms. The second-order valence-electron chi connectivity index (χ2n) is 8.22. The molecule has 3 atom stereocenters. The number of ether oxygens (including phenoxy) is 1. The largest absolute Gasteiger partial charge is 0.469 e. The first-order chi connectivity index (χ1) is 12.7. The maximum absolute atomic E-state index is 12.4. The maximum Gasteiger partial charge on any atom is 0.309 e. The minimum atomic E-state index is -0.0527. The van der Waals surface area contributed by atoms with E-state index in [1.807, 2.05) is 6.08 Å². The molecule has 1 aliphatic heterocycles. The number of nitrogens with one attached hydrogen (secondary N) is 1. The van der Waals surface area contributed by atoms with E-state index >= 15 is 0 Å². The summed E-state index contributed by atoms with van der Waals surface area (Å²) >= 11 is 0. The van der Waals surface area contributed by atoms with Gasteiger partial charge in [-0.3, -0.25) is 9.69 Å². The number of hydrogen-bond donors (Lipinski definition) is 1. The number of fused-ring (bicyclic) bond motifs is 2. The minimum absolute atomic E-state index is 0.0189. The standard InChI is InChI=1S/C22H26N2O2/c1-3-18-17-10-20-16(15-5-4-6-19(23-18)21(15)17)9-14(22(25)26-2)12-24(20)11-13-7-8-13/h3-6,13-14,16,20,23H,1,7-12H2,2H3/t14-,16?,20+/m0/s1. The summed E-state index contributed by atoms with van der Waals surface area (Å²) < 4.78 is 5.12. The number of aromatic amines is 1. The van der Waals surface area contributed by atoms with Crippen molar-refractivity contribution in [3.63, 3.8) is 0 Å². The van der Waals surface area contributed by atoms with Crippen molar-refractivity contribution in [3.05, 3.63) is 41.6 Å². The summed E-state index contributed by atoms with van der Waals surface area (Å²) in [5.41, 5.74) is 5.16. The number of nitrogens with zero attached hydrogens (tertiary/aromatic N) is 1. The number of carbonyl (C=O) groups is 1. The average molecular weight is 350 g/mol. The van der Waals surface area contributed by atoms with Crippen LogP contribution in [0, 0.1) is 11.8 Å². The van der Waals surface area contributed by atoms with Crippen LogP contribution in [0.3, 0.4) is 0 Å². The Balaban J connectivity index is 1.60. The Labute approximate surface area is 154 Å². The number of esters is 1. The van der Waals surface area contributed by atoms with E-state index in [9.17, 15) is 4.79 Å². The highest BCUT2D eigenvalue weighted by atomic mass is 16.5. The van der Waals surface area contributed by atoms with Crippen LogP contribution in [-0.2, 0) is 16.0 Å². The summed E-state index contributed by atoms with van der Waals surface area (Å²) in [6.45, 7) is 5.97. The van der Waals surface area contributed by atoms with Gasteiger partial charge in [-0.1, -0.05) is 18.7 Å². The number of benzene rings is 1. The molecule has 0 bridgehead atoms. The fourth-order valence-corrected chi connectivity index (χ4v) is 5.27. The monoisotopic (exact) mass is 350 g/mol.